The summed E-state index contributed by atoms with van der Waals surface area (Å²) in [7, 11) is 0. The predicted molar refractivity (Wildman–Crippen MR) is 142 cm³/mol. The van der Waals surface area contributed by atoms with Crippen LogP contribution in [-0.2, 0) is 25.9 Å². The maximum absolute atomic E-state index is 14.3. The Kier molecular flexibility index (Phi) is 7.53. The minimum atomic E-state index is -2.73. The van der Waals surface area contributed by atoms with Crippen molar-refractivity contribution < 1.29 is 8.78 Å². The summed E-state index contributed by atoms with van der Waals surface area (Å²) in [5.41, 5.74) is 4.47. The van der Waals surface area contributed by atoms with Gasteiger partial charge in [-0.3, -0.25) is 9.13 Å². The molecule has 5 aromatic rings. The predicted octanol–water partition coefficient (Wildman–Crippen LogP) is 5.68. The number of nitrogens with zero attached hydrogens (tertiary/aromatic N) is 5. The van der Waals surface area contributed by atoms with Gasteiger partial charge in [-0.05, 0) is 45.5 Å². The molecule has 0 saturated carbocycles. The molecule has 0 unspecified atom stereocenters. The van der Waals surface area contributed by atoms with Gasteiger partial charge in [0.1, 0.15) is 5.69 Å². The quantitative estimate of drug-likeness (QED) is 0.260. The highest BCUT2D eigenvalue weighted by Crippen LogP contribution is 2.30. The molecule has 2 aromatic heterocycles. The van der Waals surface area contributed by atoms with E-state index in [0.717, 1.165) is 27.8 Å². The molecule has 5 rings (SSSR count). The van der Waals surface area contributed by atoms with Crippen LogP contribution in [0.5, 0.6) is 0 Å². The molecule has 9 heteroatoms. The number of aryl methyl sites for hydroxylation is 1. The largest absolute Gasteiger partial charge is 0.329 e. The highest BCUT2D eigenvalue weighted by atomic mass is 19.3. The number of aromatic amines is 1. The number of hydrogen-bond donors (Lipinski definition) is 1. The Morgan fingerprint density at radius 1 is 0.842 bits per heavy atom. The molecular formula is C29H28F2N6O. The monoisotopic (exact) mass is 514 g/mol. The second-order valence-corrected chi connectivity index (χ2v) is 9.13. The molecule has 0 saturated heterocycles. The molecule has 0 radical (unpaired) electrons. The van der Waals surface area contributed by atoms with Crippen molar-refractivity contribution in [3.8, 4) is 22.5 Å². The summed E-state index contributed by atoms with van der Waals surface area (Å²) in [6.07, 6.45) is -1.16. The van der Waals surface area contributed by atoms with Crippen molar-refractivity contribution in [2.24, 2.45) is 0 Å². The third-order valence-electron chi connectivity index (χ3n) is 6.67. The molecule has 3 aromatic carbocycles. The average Bonchev–Trinajstić information content (AvgIpc) is 3.56. The van der Waals surface area contributed by atoms with Crippen molar-refractivity contribution >= 4 is 0 Å². The number of halogens is 2. The van der Waals surface area contributed by atoms with Crippen LogP contribution < -0.4 is 5.69 Å². The Morgan fingerprint density at radius 3 is 2.21 bits per heavy atom. The van der Waals surface area contributed by atoms with Gasteiger partial charge in [0.15, 0.2) is 5.82 Å². The number of aromatic nitrogens is 6. The Morgan fingerprint density at radius 2 is 1.55 bits per heavy atom. The number of imidazole rings is 1. The van der Waals surface area contributed by atoms with E-state index in [1.165, 1.54) is 9.13 Å². The zero-order valence-electron chi connectivity index (χ0n) is 21.0. The number of tetrazole rings is 1. The minimum absolute atomic E-state index is 0.168. The molecule has 0 atom stereocenters. The molecule has 0 aliphatic rings. The normalized spacial score (nSPS) is 11.4. The van der Waals surface area contributed by atoms with Crippen LogP contribution in [0.25, 0.3) is 22.5 Å². The molecule has 0 spiro atoms. The van der Waals surface area contributed by atoms with Crippen molar-refractivity contribution in [1.82, 2.24) is 29.8 Å². The average molecular weight is 515 g/mol. The maximum atomic E-state index is 14.3. The molecule has 7 nitrogen and oxygen atoms in total. The van der Waals surface area contributed by atoms with Crippen LogP contribution in [0.1, 0.15) is 42.3 Å². The van der Waals surface area contributed by atoms with Gasteiger partial charge in [-0.15, -0.1) is 5.10 Å². The van der Waals surface area contributed by atoms with Crippen molar-refractivity contribution in [2.45, 2.75) is 45.7 Å². The van der Waals surface area contributed by atoms with Crippen LogP contribution in [0.4, 0.5) is 8.78 Å². The summed E-state index contributed by atoms with van der Waals surface area (Å²) >= 11 is 0. The highest BCUT2D eigenvalue weighted by molar-refractivity contribution is 5.80. The highest BCUT2D eigenvalue weighted by Gasteiger charge is 2.25. The zero-order valence-corrected chi connectivity index (χ0v) is 21.0. The lowest BCUT2D eigenvalue weighted by atomic mass is 9.98. The molecule has 0 aliphatic carbocycles. The van der Waals surface area contributed by atoms with Crippen molar-refractivity contribution in [3.05, 3.63) is 112 Å². The smallest absolute Gasteiger partial charge is 0.291 e. The van der Waals surface area contributed by atoms with E-state index < -0.39 is 12.1 Å². The second-order valence-electron chi connectivity index (χ2n) is 9.13. The van der Waals surface area contributed by atoms with Gasteiger partial charge >= 0.3 is 5.69 Å². The summed E-state index contributed by atoms with van der Waals surface area (Å²) < 4.78 is 31.3. The topological polar surface area (TPSA) is 81.4 Å². The maximum Gasteiger partial charge on any atom is 0.329 e. The standard InChI is InChI=1S/C29H28F2N6O/c1-2-8-25-26(27(30)31)36(18-17-20-9-4-3-5-10-20)29(38)37(25)19-21-13-15-22(16-14-21)23-11-6-7-12-24(23)28-32-34-35-33-28/h3-7,9-16,27H,2,8,17-19H2,1H3,(H,32,33,34,35). The van der Waals surface area contributed by atoms with Crippen LogP contribution in [0.2, 0.25) is 0 Å². The van der Waals surface area contributed by atoms with E-state index in [9.17, 15) is 13.6 Å². The number of H-pyrrole nitrogens is 1. The van der Waals surface area contributed by atoms with Crippen molar-refractivity contribution in [2.75, 3.05) is 0 Å². The Hall–Kier alpha value is -4.40. The summed E-state index contributed by atoms with van der Waals surface area (Å²) in [5.74, 6) is 0.566. The van der Waals surface area contributed by atoms with Crippen LogP contribution in [0.15, 0.2) is 83.7 Å². The molecule has 1 N–H and O–H groups in total. The first-order valence-electron chi connectivity index (χ1n) is 12.6. The first-order valence-corrected chi connectivity index (χ1v) is 12.6. The fraction of sp³-hybridized carbons (Fsp3) is 0.241. The summed E-state index contributed by atoms with van der Waals surface area (Å²) in [4.78, 5) is 13.5. The van der Waals surface area contributed by atoms with Gasteiger partial charge in [-0.25, -0.2) is 18.7 Å². The first kappa shape index (κ1) is 25.3. The van der Waals surface area contributed by atoms with E-state index in [-0.39, 0.29) is 18.8 Å². The second kappa shape index (κ2) is 11.3. The molecule has 38 heavy (non-hydrogen) atoms. The molecular weight excluding hydrogens is 486 g/mol. The number of benzene rings is 3. The fourth-order valence-electron chi connectivity index (χ4n) is 4.85. The molecule has 0 aliphatic heterocycles. The van der Waals surface area contributed by atoms with Crippen LogP contribution in [-0.4, -0.2) is 29.8 Å². The van der Waals surface area contributed by atoms with Gasteiger partial charge in [0.25, 0.3) is 6.43 Å². The third-order valence-corrected chi connectivity index (χ3v) is 6.67. The lowest BCUT2D eigenvalue weighted by molar-refractivity contribution is 0.139. The number of hydrogen-bond acceptors (Lipinski definition) is 4. The first-order chi connectivity index (χ1) is 18.6. The van der Waals surface area contributed by atoms with E-state index in [2.05, 4.69) is 20.6 Å². The summed E-state index contributed by atoms with van der Waals surface area (Å²) in [6, 6.07) is 25.2. The van der Waals surface area contributed by atoms with E-state index in [1.54, 1.807) is 0 Å². The van der Waals surface area contributed by atoms with Crippen LogP contribution in [0, 0.1) is 0 Å². The number of alkyl halides is 2. The van der Waals surface area contributed by atoms with E-state index >= 15 is 0 Å². The molecule has 0 amide bonds. The molecule has 2 heterocycles. The van der Waals surface area contributed by atoms with Crippen molar-refractivity contribution in [1.29, 1.82) is 0 Å². The lowest BCUT2D eigenvalue weighted by Gasteiger charge is -2.11. The number of nitrogens with one attached hydrogen (secondary N) is 1. The van der Waals surface area contributed by atoms with Crippen molar-refractivity contribution in [3.63, 3.8) is 0 Å². The van der Waals surface area contributed by atoms with Gasteiger partial charge in [0, 0.05) is 17.8 Å². The van der Waals surface area contributed by atoms with Gasteiger partial charge in [-0.1, -0.05) is 92.2 Å². The van der Waals surface area contributed by atoms with Gasteiger partial charge in [0.05, 0.1) is 6.54 Å². The SMILES string of the molecule is CCCc1c(C(F)F)n(CCc2ccccc2)c(=O)n1Cc1ccc(-c2ccccc2-c2nnn[nH]2)cc1. The van der Waals surface area contributed by atoms with Gasteiger partial charge in [-0.2, -0.15) is 0 Å². The molecule has 0 bridgehead atoms. The Labute approximate surface area is 218 Å². The van der Waals surface area contributed by atoms with Crippen LogP contribution in [0.3, 0.4) is 0 Å². The van der Waals surface area contributed by atoms with E-state index in [0.29, 0.717) is 30.8 Å². The van der Waals surface area contributed by atoms with E-state index in [4.69, 9.17) is 0 Å². The van der Waals surface area contributed by atoms with Gasteiger partial charge in [0.2, 0.25) is 0 Å². The lowest BCUT2D eigenvalue weighted by Crippen LogP contribution is -2.27. The van der Waals surface area contributed by atoms with E-state index in [1.807, 2.05) is 85.8 Å². The van der Waals surface area contributed by atoms with Crippen LogP contribution >= 0.6 is 0 Å². The minimum Gasteiger partial charge on any atom is -0.291 e. The fourth-order valence-corrected chi connectivity index (χ4v) is 4.85. The summed E-state index contributed by atoms with van der Waals surface area (Å²) in [5, 5.41) is 14.2. The number of rotatable bonds is 10. The summed E-state index contributed by atoms with van der Waals surface area (Å²) in [6.45, 7) is 2.36. The Bertz CT molecular complexity index is 1540. The Balaban J connectivity index is 1.46. The molecule has 0 fully saturated rings. The third kappa shape index (κ3) is 5.18. The molecule has 194 valence electrons. The van der Waals surface area contributed by atoms with Gasteiger partial charge < -0.3 is 0 Å². The zero-order chi connectivity index (χ0) is 26.5.